The Morgan fingerprint density at radius 1 is 0.534 bits per heavy atom. The van der Waals surface area contributed by atoms with Crippen LogP contribution in [-0.4, -0.2) is 89.2 Å². The molecule has 13 heteroatoms. The topological polar surface area (TPSA) is 167 Å². The summed E-state index contributed by atoms with van der Waals surface area (Å²) < 4.78 is 33.7. The van der Waals surface area contributed by atoms with Gasteiger partial charge >= 0.3 is 35.8 Å². The summed E-state index contributed by atoms with van der Waals surface area (Å²) in [5.74, 6) is 4.36. The van der Waals surface area contributed by atoms with E-state index in [-0.39, 0.29) is 82.8 Å². The largest absolute Gasteiger partial charge is 0.469 e. The fourth-order valence-corrected chi connectivity index (χ4v) is 6.10. The van der Waals surface area contributed by atoms with Crippen molar-refractivity contribution in [3.63, 3.8) is 0 Å². The summed E-state index contributed by atoms with van der Waals surface area (Å²) in [6.45, 7) is 28.3. The van der Waals surface area contributed by atoms with Crippen LogP contribution in [0, 0.1) is 76.4 Å². The van der Waals surface area contributed by atoms with E-state index >= 15 is 0 Å². The molecule has 6 saturated carbocycles. The fourth-order valence-electron chi connectivity index (χ4n) is 6.10. The smallest absolute Gasteiger partial charge is 0.309 e. The number of carbonyl (C=O) groups excluding carboxylic acids is 6. The Morgan fingerprint density at radius 2 is 0.879 bits per heavy atom. The van der Waals surface area contributed by atoms with Crippen LogP contribution in [0.1, 0.15) is 122 Å². The van der Waals surface area contributed by atoms with Gasteiger partial charge in [0.15, 0.2) is 0 Å². The molecule has 58 heavy (non-hydrogen) atoms. The van der Waals surface area contributed by atoms with Crippen LogP contribution in [-0.2, 0) is 61.9 Å². The lowest BCUT2D eigenvalue weighted by atomic mass is 10.1. The predicted octanol–water partition coefficient (Wildman–Crippen LogP) is 7.49. The predicted molar refractivity (Wildman–Crippen MR) is 219 cm³/mol. The minimum Gasteiger partial charge on any atom is -0.469 e. The highest BCUT2D eigenvalue weighted by Gasteiger charge is 2.52. The van der Waals surface area contributed by atoms with Gasteiger partial charge in [0, 0.05) is 7.11 Å². The first-order chi connectivity index (χ1) is 27.1. The van der Waals surface area contributed by atoms with Crippen LogP contribution in [0.15, 0.2) is 0 Å². The Balaban J connectivity index is 0.000000349. The molecule has 0 heterocycles. The molecule has 0 bridgehead atoms. The van der Waals surface area contributed by atoms with Gasteiger partial charge in [-0.05, 0) is 108 Å². The Bertz CT molecular complexity index is 1280. The summed E-state index contributed by atoms with van der Waals surface area (Å²) in [4.78, 5) is 65.4. The van der Waals surface area contributed by atoms with Crippen LogP contribution in [0.2, 0.25) is 0 Å². The highest BCUT2D eigenvalue weighted by atomic mass is 16.6. The van der Waals surface area contributed by atoms with Gasteiger partial charge in [0.05, 0.1) is 75.1 Å². The zero-order valence-electron chi connectivity index (χ0n) is 38.4. The molecule has 6 fully saturated rings. The molecule has 6 aliphatic carbocycles. The lowest BCUT2D eigenvalue weighted by Crippen LogP contribution is -2.13. The molecule has 0 aromatic heterocycles. The molecule has 0 aromatic rings. The first-order valence-electron chi connectivity index (χ1n) is 21.6. The van der Waals surface area contributed by atoms with Crippen LogP contribution in [0.5, 0.6) is 0 Å². The second-order valence-electron chi connectivity index (χ2n) is 17.7. The summed E-state index contributed by atoms with van der Waals surface area (Å²) in [5, 5.41) is 0. The molecule has 0 spiro atoms. The Hall–Kier alpha value is -3.22. The number of esters is 6. The molecule has 11 atom stereocenters. The molecule has 336 valence electrons. The minimum absolute atomic E-state index is 0.00926. The number of ether oxygens (including phenoxy) is 7. The maximum atomic E-state index is 11.0. The summed E-state index contributed by atoms with van der Waals surface area (Å²) >= 11 is 0. The van der Waals surface area contributed by atoms with Gasteiger partial charge in [-0.2, -0.15) is 0 Å². The van der Waals surface area contributed by atoms with Crippen molar-refractivity contribution in [3.05, 3.63) is 0 Å². The molecular formula is C45H78O13. The first kappa shape index (κ1) is 52.8. The summed E-state index contributed by atoms with van der Waals surface area (Å²) in [7, 11) is 3.03. The molecule has 6 aliphatic rings. The fraction of sp³-hybridized carbons (Fsp3) is 0.867. The van der Waals surface area contributed by atoms with Gasteiger partial charge in [-0.3, -0.25) is 28.8 Å². The van der Waals surface area contributed by atoms with Gasteiger partial charge in [-0.25, -0.2) is 0 Å². The normalized spacial score (nSPS) is 31.4. The average Bonchev–Trinajstić information content (AvgIpc) is 3.85. The van der Waals surface area contributed by atoms with E-state index in [1.165, 1.54) is 7.11 Å². The number of rotatable bonds is 13. The van der Waals surface area contributed by atoms with Crippen molar-refractivity contribution in [2.45, 2.75) is 128 Å². The number of carbonyl (C=O) groups is 6. The van der Waals surface area contributed by atoms with Gasteiger partial charge in [0.25, 0.3) is 0 Å². The van der Waals surface area contributed by atoms with Crippen LogP contribution in [0.25, 0.3) is 0 Å². The molecule has 0 aliphatic heterocycles. The molecule has 6 rings (SSSR count). The van der Waals surface area contributed by atoms with E-state index < -0.39 is 0 Å². The van der Waals surface area contributed by atoms with Crippen molar-refractivity contribution in [1.29, 1.82) is 0 Å². The van der Waals surface area contributed by atoms with Crippen molar-refractivity contribution in [2.24, 2.45) is 76.4 Å². The summed E-state index contributed by atoms with van der Waals surface area (Å²) in [5.41, 5.74) is 0.215. The third kappa shape index (κ3) is 20.2. The zero-order valence-corrected chi connectivity index (χ0v) is 38.4. The summed E-state index contributed by atoms with van der Waals surface area (Å²) in [6, 6.07) is 0. The van der Waals surface area contributed by atoms with Crippen LogP contribution < -0.4 is 0 Å². The molecule has 0 aromatic carbocycles. The van der Waals surface area contributed by atoms with Gasteiger partial charge in [-0.1, -0.05) is 55.4 Å². The van der Waals surface area contributed by atoms with Crippen molar-refractivity contribution in [3.8, 4) is 0 Å². The van der Waals surface area contributed by atoms with Crippen molar-refractivity contribution in [2.75, 3.05) is 47.3 Å². The Labute approximate surface area is 349 Å². The van der Waals surface area contributed by atoms with E-state index in [0.717, 1.165) is 32.1 Å². The van der Waals surface area contributed by atoms with Gasteiger partial charge < -0.3 is 33.2 Å². The van der Waals surface area contributed by atoms with E-state index in [0.29, 0.717) is 68.5 Å². The van der Waals surface area contributed by atoms with Gasteiger partial charge in [0.1, 0.15) is 6.61 Å². The van der Waals surface area contributed by atoms with Gasteiger partial charge in [-0.15, -0.1) is 0 Å². The lowest BCUT2D eigenvalue weighted by molar-refractivity contribution is -0.149. The maximum absolute atomic E-state index is 11.0. The number of hydrogen-bond acceptors (Lipinski definition) is 13. The SMILES string of the molecule is CC(C)OC(=O)C1CC1C.CCOC(=O)C1C(C)C1C.CCOC(=O)C1CC1(C)C.CCOC(=O)C1CC1C.COC(=O)C1CC1C.COCCOC(=O)C1CC1C. The van der Waals surface area contributed by atoms with Crippen LogP contribution in [0.4, 0.5) is 0 Å². The molecule has 0 saturated heterocycles. The minimum atomic E-state index is -0.0606. The third-order valence-corrected chi connectivity index (χ3v) is 11.5. The average molecular weight is 827 g/mol. The van der Waals surface area contributed by atoms with E-state index in [9.17, 15) is 28.8 Å². The van der Waals surface area contributed by atoms with Crippen LogP contribution >= 0.6 is 0 Å². The van der Waals surface area contributed by atoms with E-state index in [1.54, 1.807) is 7.11 Å². The monoisotopic (exact) mass is 827 g/mol. The number of methoxy groups -OCH3 is 2. The third-order valence-electron chi connectivity index (χ3n) is 11.5. The lowest BCUT2D eigenvalue weighted by Gasteiger charge is -2.05. The number of hydrogen-bond donors (Lipinski definition) is 0. The second kappa shape index (κ2) is 25.4. The van der Waals surface area contributed by atoms with Crippen LogP contribution in [0.3, 0.4) is 0 Å². The molecule has 0 radical (unpaired) electrons. The Kier molecular flexibility index (Phi) is 23.1. The first-order valence-corrected chi connectivity index (χ1v) is 21.6. The maximum Gasteiger partial charge on any atom is 0.309 e. The van der Waals surface area contributed by atoms with Crippen molar-refractivity contribution >= 4 is 35.8 Å². The molecule has 0 N–H and O–H groups in total. The highest BCUT2D eigenvalue weighted by Crippen LogP contribution is 2.52. The van der Waals surface area contributed by atoms with Crippen molar-refractivity contribution in [1.82, 2.24) is 0 Å². The highest BCUT2D eigenvalue weighted by molar-refractivity contribution is 5.78. The van der Waals surface area contributed by atoms with E-state index in [2.05, 4.69) is 60.1 Å². The molecule has 0 amide bonds. The molecular weight excluding hydrogens is 748 g/mol. The van der Waals surface area contributed by atoms with E-state index in [4.69, 9.17) is 28.4 Å². The van der Waals surface area contributed by atoms with Crippen molar-refractivity contribution < 1.29 is 61.9 Å². The van der Waals surface area contributed by atoms with E-state index in [1.807, 2.05) is 34.6 Å². The van der Waals surface area contributed by atoms with Gasteiger partial charge in [0.2, 0.25) is 0 Å². The summed E-state index contributed by atoms with van der Waals surface area (Å²) in [6.07, 6.45) is 5.09. The zero-order chi connectivity index (χ0) is 44.5. The quantitative estimate of drug-likeness (QED) is 0.102. The Morgan fingerprint density at radius 3 is 1.17 bits per heavy atom. The second-order valence-corrected chi connectivity index (χ2v) is 17.7. The molecule has 11 unspecified atom stereocenters. The standard InChI is InChI=1S/C8H14O3.3C8H14O2.C7H12O2.C6H10O2/c1-6-5-7(6)8(9)11-4-3-10-2;1-5(2)10-8(9)7-4-6(7)3;1-4-10-7(9)6-5-8(6,2)3;1-4-10-8(9)7-5(2)6(7)3;1-3-9-7(8)6-4-5(6)2;1-4-3-5(4)6(7)8-2/h6-7H,3-5H2,1-2H3;5-7H,4H2,1-3H3;6H,4-5H2,1-3H3;5-7H,4H2,1-3H3;5-6H,3-4H2,1-2H3;4-5H,3H2,1-2H3. The molecule has 13 nitrogen and oxygen atoms in total.